The molecule has 0 saturated carbocycles. The fourth-order valence-electron chi connectivity index (χ4n) is 0.869. The molecule has 0 saturated heterocycles. The summed E-state index contributed by atoms with van der Waals surface area (Å²) in [4.78, 5) is 2.66. The fourth-order valence-corrected chi connectivity index (χ4v) is 0.869. The molecule has 0 aromatic rings. The van der Waals surface area contributed by atoms with E-state index in [-0.39, 0.29) is 0 Å². The van der Waals surface area contributed by atoms with Crippen molar-refractivity contribution in [3.63, 3.8) is 0 Å². The molecule has 0 fully saturated rings. The van der Waals surface area contributed by atoms with Crippen molar-refractivity contribution in [1.29, 1.82) is 0 Å². The van der Waals surface area contributed by atoms with Crippen molar-refractivity contribution < 1.29 is 0 Å². The first kappa shape index (κ1) is 10.0. The Morgan fingerprint density at radius 2 is 2.18 bits per heavy atom. The lowest BCUT2D eigenvalue weighted by Crippen LogP contribution is -1.78. The second kappa shape index (κ2) is 7.16. The van der Waals surface area contributed by atoms with Crippen molar-refractivity contribution in [2.24, 2.45) is 5.11 Å². The van der Waals surface area contributed by atoms with Gasteiger partial charge in [0.2, 0.25) is 0 Å². The number of allylic oxidation sites excluding steroid dienone is 1. The molecule has 0 aromatic carbocycles. The monoisotopic (exact) mass is 153 g/mol. The van der Waals surface area contributed by atoms with Crippen molar-refractivity contribution in [3.8, 4) is 0 Å². The lowest BCUT2D eigenvalue weighted by atomic mass is 10.1. The van der Waals surface area contributed by atoms with Gasteiger partial charge in [0, 0.05) is 10.6 Å². The van der Waals surface area contributed by atoms with Crippen LogP contribution in [0.3, 0.4) is 0 Å². The quantitative estimate of drug-likeness (QED) is 0.241. The SMILES string of the molecule is C=C(CCCCCC)N=[N+]=[N-]. The number of unbranched alkanes of at least 4 members (excludes halogenated alkanes) is 3. The van der Waals surface area contributed by atoms with Crippen LogP contribution in [0.15, 0.2) is 17.4 Å². The molecule has 0 amide bonds. The Balaban J connectivity index is 3.24. The van der Waals surface area contributed by atoms with E-state index in [4.69, 9.17) is 5.53 Å². The van der Waals surface area contributed by atoms with E-state index in [1.165, 1.54) is 19.3 Å². The molecule has 0 N–H and O–H groups in total. The molecule has 0 aliphatic carbocycles. The second-order valence-corrected chi connectivity index (χ2v) is 2.57. The van der Waals surface area contributed by atoms with Crippen molar-refractivity contribution in [2.45, 2.75) is 39.0 Å². The maximum atomic E-state index is 8.04. The smallest absolute Gasteiger partial charge is 0.00787 e. The minimum absolute atomic E-state index is 0.656. The third kappa shape index (κ3) is 6.94. The van der Waals surface area contributed by atoms with Crippen molar-refractivity contribution in [1.82, 2.24) is 0 Å². The van der Waals surface area contributed by atoms with Crippen LogP contribution in [-0.2, 0) is 0 Å². The predicted molar refractivity (Wildman–Crippen MR) is 47.0 cm³/mol. The van der Waals surface area contributed by atoms with Crippen LogP contribution in [-0.4, -0.2) is 0 Å². The molecule has 3 heteroatoms. The number of hydrogen-bond donors (Lipinski definition) is 0. The van der Waals surface area contributed by atoms with E-state index >= 15 is 0 Å². The van der Waals surface area contributed by atoms with Crippen LogP contribution >= 0.6 is 0 Å². The maximum absolute atomic E-state index is 8.04. The standard InChI is InChI=1S/C8H15N3/c1-3-4-5-6-7-8(2)10-11-9/h2-7H2,1H3. The Morgan fingerprint density at radius 3 is 2.73 bits per heavy atom. The van der Waals surface area contributed by atoms with E-state index < -0.39 is 0 Å². The predicted octanol–water partition coefficient (Wildman–Crippen LogP) is 3.78. The van der Waals surface area contributed by atoms with E-state index in [9.17, 15) is 0 Å². The summed E-state index contributed by atoms with van der Waals surface area (Å²) in [6.07, 6.45) is 5.61. The molecule has 0 heterocycles. The van der Waals surface area contributed by atoms with Gasteiger partial charge in [-0.15, -0.1) is 0 Å². The molecule has 11 heavy (non-hydrogen) atoms. The van der Waals surface area contributed by atoms with Gasteiger partial charge in [0.05, 0.1) is 0 Å². The van der Waals surface area contributed by atoms with E-state index in [0.717, 1.165) is 12.8 Å². The molecule has 0 spiro atoms. The Kier molecular flexibility index (Phi) is 6.54. The van der Waals surface area contributed by atoms with Gasteiger partial charge in [-0.1, -0.05) is 37.9 Å². The van der Waals surface area contributed by atoms with Crippen LogP contribution in [0.25, 0.3) is 10.4 Å². The zero-order chi connectivity index (χ0) is 8.53. The largest absolute Gasteiger partial charge is 0.0936 e. The summed E-state index contributed by atoms with van der Waals surface area (Å²) in [5.41, 5.74) is 8.69. The third-order valence-corrected chi connectivity index (χ3v) is 1.51. The van der Waals surface area contributed by atoms with Crippen LogP contribution in [0, 0.1) is 0 Å². The lowest BCUT2D eigenvalue weighted by Gasteiger charge is -1.96. The number of rotatable bonds is 6. The van der Waals surface area contributed by atoms with Crippen molar-refractivity contribution in [3.05, 3.63) is 22.7 Å². The molecule has 0 atom stereocenters. The molecule has 0 unspecified atom stereocenters. The van der Waals surface area contributed by atoms with E-state index in [1.807, 2.05) is 0 Å². The first-order chi connectivity index (χ1) is 5.31. The zero-order valence-electron chi connectivity index (χ0n) is 7.08. The highest BCUT2D eigenvalue weighted by molar-refractivity contribution is 4.90. The summed E-state index contributed by atoms with van der Waals surface area (Å²) in [6, 6.07) is 0. The van der Waals surface area contributed by atoms with Crippen LogP contribution in [0.1, 0.15) is 39.0 Å². The van der Waals surface area contributed by atoms with Crippen LogP contribution < -0.4 is 0 Å². The number of hydrogen-bond acceptors (Lipinski definition) is 1. The summed E-state index contributed by atoms with van der Waals surface area (Å²) in [5.74, 6) is 0. The summed E-state index contributed by atoms with van der Waals surface area (Å²) in [6.45, 7) is 5.79. The molecule has 0 bridgehead atoms. The van der Waals surface area contributed by atoms with Crippen LogP contribution in [0.2, 0.25) is 0 Å². The Morgan fingerprint density at radius 1 is 1.45 bits per heavy atom. The fraction of sp³-hybridized carbons (Fsp3) is 0.750. The maximum Gasteiger partial charge on any atom is 0.00787 e. The molecule has 3 nitrogen and oxygen atoms in total. The lowest BCUT2D eigenvalue weighted by molar-refractivity contribution is 0.662. The molecule has 0 aromatic heterocycles. The van der Waals surface area contributed by atoms with Gasteiger partial charge in [0.15, 0.2) is 0 Å². The van der Waals surface area contributed by atoms with Gasteiger partial charge in [0.1, 0.15) is 0 Å². The topological polar surface area (TPSA) is 48.8 Å². The van der Waals surface area contributed by atoms with Gasteiger partial charge < -0.3 is 0 Å². The summed E-state index contributed by atoms with van der Waals surface area (Å²) in [5, 5.41) is 3.41. The van der Waals surface area contributed by atoms with Gasteiger partial charge >= 0.3 is 0 Å². The molecular formula is C8H15N3. The average molecular weight is 153 g/mol. The van der Waals surface area contributed by atoms with Crippen molar-refractivity contribution >= 4 is 0 Å². The highest BCUT2D eigenvalue weighted by Gasteiger charge is 1.90. The van der Waals surface area contributed by atoms with Gasteiger partial charge in [0.25, 0.3) is 0 Å². The first-order valence-corrected chi connectivity index (χ1v) is 4.04. The molecular weight excluding hydrogens is 138 g/mol. The van der Waals surface area contributed by atoms with Crippen molar-refractivity contribution in [2.75, 3.05) is 0 Å². The molecule has 0 aliphatic rings. The average Bonchev–Trinajstić information content (AvgIpc) is 1.99. The summed E-state index contributed by atoms with van der Waals surface area (Å²) in [7, 11) is 0. The minimum atomic E-state index is 0.656. The zero-order valence-corrected chi connectivity index (χ0v) is 7.08. The second-order valence-electron chi connectivity index (χ2n) is 2.57. The highest BCUT2D eigenvalue weighted by atomic mass is 15.1. The third-order valence-electron chi connectivity index (χ3n) is 1.51. The summed E-state index contributed by atoms with van der Waals surface area (Å²) < 4.78 is 0. The van der Waals surface area contributed by atoms with E-state index in [0.29, 0.717) is 5.70 Å². The minimum Gasteiger partial charge on any atom is -0.0936 e. The first-order valence-electron chi connectivity index (χ1n) is 4.04. The number of nitrogens with zero attached hydrogens (tertiary/aromatic N) is 3. The highest BCUT2D eigenvalue weighted by Crippen LogP contribution is 2.08. The van der Waals surface area contributed by atoms with Gasteiger partial charge in [-0.25, -0.2) is 0 Å². The van der Waals surface area contributed by atoms with Crippen LogP contribution in [0.4, 0.5) is 0 Å². The van der Waals surface area contributed by atoms with E-state index in [1.54, 1.807) is 0 Å². The molecule has 0 radical (unpaired) electrons. The Bertz CT molecular complexity index is 157. The summed E-state index contributed by atoms with van der Waals surface area (Å²) >= 11 is 0. The van der Waals surface area contributed by atoms with E-state index in [2.05, 4.69) is 23.5 Å². The van der Waals surface area contributed by atoms with Gasteiger partial charge in [-0.05, 0) is 18.4 Å². The Hall–Kier alpha value is -0.950. The Labute approximate surface area is 67.7 Å². The van der Waals surface area contributed by atoms with Gasteiger partial charge in [-0.2, -0.15) is 0 Å². The van der Waals surface area contributed by atoms with Crippen LogP contribution in [0.5, 0.6) is 0 Å². The molecule has 62 valence electrons. The number of azide groups is 1. The van der Waals surface area contributed by atoms with Gasteiger partial charge in [-0.3, -0.25) is 0 Å². The normalized spacial score (nSPS) is 8.82. The molecule has 0 aliphatic heterocycles. The molecule has 0 rings (SSSR count).